The highest BCUT2D eigenvalue weighted by Gasteiger charge is 2.42. The van der Waals surface area contributed by atoms with Gasteiger partial charge in [-0.3, -0.25) is 9.59 Å². The van der Waals surface area contributed by atoms with Gasteiger partial charge in [0.25, 0.3) is 0 Å². The van der Waals surface area contributed by atoms with E-state index in [1.165, 1.54) is 17.5 Å². The normalized spacial score (nSPS) is 23.1. The Hall–Kier alpha value is -1.18. The first-order valence-corrected chi connectivity index (χ1v) is 7.36. The maximum absolute atomic E-state index is 12.1. The van der Waals surface area contributed by atoms with Crippen molar-refractivity contribution in [1.29, 1.82) is 0 Å². The van der Waals surface area contributed by atoms with Gasteiger partial charge in [0.1, 0.15) is 9.34 Å². The van der Waals surface area contributed by atoms with E-state index in [2.05, 4.69) is 4.98 Å². The number of carbonyl (C=O) groups excluding carboxylic acids is 1. The van der Waals surface area contributed by atoms with E-state index in [0.29, 0.717) is 28.9 Å². The quantitative estimate of drug-likeness (QED) is 0.895. The van der Waals surface area contributed by atoms with Gasteiger partial charge in [-0.15, -0.1) is 11.3 Å². The molecule has 1 amide bonds. The van der Waals surface area contributed by atoms with Crippen LogP contribution in [0.5, 0.6) is 0 Å². The Kier molecular flexibility index (Phi) is 4.95. The summed E-state index contributed by atoms with van der Waals surface area (Å²) in [5, 5.41) is 9.94. The number of hydrogen-bond acceptors (Lipinski definition) is 5. The molecule has 2 unspecified atom stereocenters. The molecule has 0 spiro atoms. The topological polar surface area (TPSA) is 79.7 Å². The summed E-state index contributed by atoms with van der Waals surface area (Å²) in [6.07, 6.45) is 2.03. The molecule has 1 N–H and O–H groups in total. The number of halogens is 1. The number of thiazole rings is 1. The average molecular weight is 319 g/mol. The number of hydrogen-bond donors (Lipinski definition) is 1. The van der Waals surface area contributed by atoms with Gasteiger partial charge in [-0.25, -0.2) is 4.98 Å². The molecule has 0 aromatic carbocycles. The lowest BCUT2D eigenvalue weighted by Crippen LogP contribution is -2.46. The largest absolute Gasteiger partial charge is 0.481 e. The van der Waals surface area contributed by atoms with Crippen LogP contribution in [0.4, 0.5) is 0 Å². The minimum Gasteiger partial charge on any atom is -0.481 e. The van der Waals surface area contributed by atoms with Gasteiger partial charge in [-0.2, -0.15) is 0 Å². The molecule has 20 heavy (non-hydrogen) atoms. The molecule has 1 aliphatic rings. The second kappa shape index (κ2) is 6.51. The van der Waals surface area contributed by atoms with Gasteiger partial charge >= 0.3 is 5.97 Å². The van der Waals surface area contributed by atoms with E-state index in [-0.39, 0.29) is 12.3 Å². The van der Waals surface area contributed by atoms with E-state index in [0.717, 1.165) is 0 Å². The SMILES string of the molecule is COCCN1C(=O)CCC(C(=O)O)C1c1ncc(Cl)s1. The predicted molar refractivity (Wildman–Crippen MR) is 73.8 cm³/mol. The zero-order valence-corrected chi connectivity index (χ0v) is 12.5. The van der Waals surface area contributed by atoms with Crippen molar-refractivity contribution >= 4 is 34.8 Å². The molecule has 0 bridgehead atoms. The van der Waals surface area contributed by atoms with Crippen LogP contribution in [0.25, 0.3) is 0 Å². The Bertz CT molecular complexity index is 507. The van der Waals surface area contributed by atoms with Crippen LogP contribution in [0.2, 0.25) is 4.34 Å². The van der Waals surface area contributed by atoms with Gasteiger partial charge in [0.05, 0.1) is 24.8 Å². The smallest absolute Gasteiger partial charge is 0.309 e. The highest BCUT2D eigenvalue weighted by Crippen LogP contribution is 2.39. The lowest BCUT2D eigenvalue weighted by atomic mass is 9.89. The number of aliphatic carboxylic acids is 1. The zero-order valence-electron chi connectivity index (χ0n) is 10.9. The molecule has 0 radical (unpaired) electrons. The molecular weight excluding hydrogens is 304 g/mol. The predicted octanol–water partition coefficient (Wildman–Crippen LogP) is 1.81. The van der Waals surface area contributed by atoms with E-state index in [1.807, 2.05) is 0 Å². The van der Waals surface area contributed by atoms with Crippen molar-refractivity contribution in [2.24, 2.45) is 5.92 Å². The van der Waals surface area contributed by atoms with E-state index in [9.17, 15) is 14.7 Å². The number of likely N-dealkylation sites (tertiary alicyclic amines) is 1. The third-order valence-electron chi connectivity index (χ3n) is 3.31. The summed E-state index contributed by atoms with van der Waals surface area (Å²) in [4.78, 5) is 29.2. The highest BCUT2D eigenvalue weighted by atomic mass is 35.5. The summed E-state index contributed by atoms with van der Waals surface area (Å²) >= 11 is 7.09. The fraction of sp³-hybridized carbons (Fsp3) is 0.583. The Labute approximate surface area is 125 Å². The molecular formula is C12H15ClN2O4S. The molecule has 1 saturated heterocycles. The third-order valence-corrected chi connectivity index (χ3v) is 4.49. The second-order valence-corrected chi connectivity index (χ2v) is 6.20. The molecule has 0 saturated carbocycles. The van der Waals surface area contributed by atoms with Crippen LogP contribution >= 0.6 is 22.9 Å². The number of ether oxygens (including phenoxy) is 1. The minimum absolute atomic E-state index is 0.0733. The monoisotopic (exact) mass is 318 g/mol. The van der Waals surface area contributed by atoms with Crippen LogP contribution in [0, 0.1) is 5.92 Å². The molecule has 1 aromatic heterocycles. The van der Waals surface area contributed by atoms with Crippen molar-refractivity contribution in [3.63, 3.8) is 0 Å². The van der Waals surface area contributed by atoms with Crippen LogP contribution in [0.1, 0.15) is 23.9 Å². The number of carboxylic acids is 1. The maximum Gasteiger partial charge on any atom is 0.309 e. The van der Waals surface area contributed by atoms with Crippen molar-refractivity contribution in [3.8, 4) is 0 Å². The molecule has 6 nitrogen and oxygen atoms in total. The number of carbonyl (C=O) groups is 2. The number of methoxy groups -OCH3 is 1. The fourth-order valence-corrected chi connectivity index (χ4v) is 3.48. The van der Waals surface area contributed by atoms with Crippen LogP contribution in [-0.2, 0) is 14.3 Å². The molecule has 0 aliphatic carbocycles. The zero-order chi connectivity index (χ0) is 14.7. The Balaban J connectivity index is 2.33. The first-order valence-electron chi connectivity index (χ1n) is 6.17. The Morgan fingerprint density at radius 2 is 2.45 bits per heavy atom. The van der Waals surface area contributed by atoms with Crippen molar-refractivity contribution in [2.75, 3.05) is 20.3 Å². The van der Waals surface area contributed by atoms with Crippen molar-refractivity contribution in [3.05, 3.63) is 15.5 Å². The van der Waals surface area contributed by atoms with Gasteiger partial charge in [-0.05, 0) is 6.42 Å². The van der Waals surface area contributed by atoms with Crippen LogP contribution in [0.15, 0.2) is 6.20 Å². The third kappa shape index (κ3) is 3.11. The van der Waals surface area contributed by atoms with E-state index in [1.54, 1.807) is 12.0 Å². The van der Waals surface area contributed by atoms with Gasteiger partial charge in [0, 0.05) is 20.1 Å². The molecule has 1 aliphatic heterocycles. The van der Waals surface area contributed by atoms with Gasteiger partial charge in [0.15, 0.2) is 0 Å². The van der Waals surface area contributed by atoms with E-state index < -0.39 is 17.9 Å². The van der Waals surface area contributed by atoms with Gasteiger partial charge in [0.2, 0.25) is 5.91 Å². The van der Waals surface area contributed by atoms with Crippen LogP contribution in [0.3, 0.4) is 0 Å². The summed E-state index contributed by atoms with van der Waals surface area (Å²) in [6, 6.07) is -0.568. The number of piperidine rings is 1. The summed E-state index contributed by atoms with van der Waals surface area (Å²) in [6.45, 7) is 0.703. The molecule has 8 heteroatoms. The minimum atomic E-state index is -0.920. The van der Waals surface area contributed by atoms with E-state index >= 15 is 0 Å². The number of nitrogens with zero attached hydrogens (tertiary/aromatic N) is 2. The van der Waals surface area contributed by atoms with Crippen LogP contribution < -0.4 is 0 Å². The van der Waals surface area contributed by atoms with Crippen molar-refractivity contribution in [2.45, 2.75) is 18.9 Å². The van der Waals surface area contributed by atoms with Crippen LogP contribution in [-0.4, -0.2) is 47.1 Å². The lowest BCUT2D eigenvalue weighted by molar-refractivity contribution is -0.152. The van der Waals surface area contributed by atoms with Crippen molar-refractivity contribution in [1.82, 2.24) is 9.88 Å². The van der Waals surface area contributed by atoms with Crippen molar-refractivity contribution < 1.29 is 19.4 Å². The number of carboxylic acid groups (broad SMARTS) is 1. The number of amides is 1. The second-order valence-electron chi connectivity index (χ2n) is 4.51. The van der Waals surface area contributed by atoms with E-state index in [4.69, 9.17) is 16.3 Å². The summed E-state index contributed by atoms with van der Waals surface area (Å²) in [7, 11) is 1.54. The van der Waals surface area contributed by atoms with Gasteiger partial charge in [-0.1, -0.05) is 11.6 Å². The first-order chi connectivity index (χ1) is 9.54. The molecule has 2 rings (SSSR count). The molecule has 1 aromatic rings. The first kappa shape index (κ1) is 15.2. The summed E-state index contributed by atoms with van der Waals surface area (Å²) in [5.74, 6) is -1.65. The van der Waals surface area contributed by atoms with Gasteiger partial charge < -0.3 is 14.7 Å². The average Bonchev–Trinajstić information content (AvgIpc) is 2.83. The molecule has 2 atom stereocenters. The summed E-state index contributed by atoms with van der Waals surface area (Å²) < 4.78 is 5.47. The maximum atomic E-state index is 12.1. The lowest BCUT2D eigenvalue weighted by Gasteiger charge is -2.38. The highest BCUT2D eigenvalue weighted by molar-refractivity contribution is 7.15. The molecule has 2 heterocycles. The standard InChI is InChI=1S/C12H15ClN2O4S/c1-19-5-4-15-9(16)3-2-7(12(17)18)10(15)11-14-6-8(13)20-11/h6-7,10H,2-5H2,1H3,(H,17,18). The molecule has 1 fully saturated rings. The Morgan fingerprint density at radius 3 is 3.00 bits per heavy atom. The Morgan fingerprint density at radius 1 is 1.70 bits per heavy atom. The number of rotatable bonds is 5. The molecule has 110 valence electrons. The number of aromatic nitrogens is 1. The fourth-order valence-electron chi connectivity index (χ4n) is 2.37. The summed E-state index contributed by atoms with van der Waals surface area (Å²) in [5.41, 5.74) is 0.